The van der Waals surface area contributed by atoms with Crippen molar-refractivity contribution in [3.63, 3.8) is 0 Å². The molecule has 1 aliphatic rings. The van der Waals surface area contributed by atoms with Gasteiger partial charge < -0.3 is 10.5 Å². The molecule has 0 radical (unpaired) electrons. The molecule has 0 unspecified atom stereocenters. The molecule has 1 atom stereocenters. The highest BCUT2D eigenvalue weighted by molar-refractivity contribution is 7.07. The lowest BCUT2D eigenvalue weighted by Gasteiger charge is -2.08. The Balaban J connectivity index is 1.72. The second-order valence-electron chi connectivity index (χ2n) is 4.43. The van der Waals surface area contributed by atoms with Crippen molar-refractivity contribution in [1.82, 2.24) is 0 Å². The standard InChI is InChI=1S/C14H15NOS/c15-14-4-1-11-7-12(2-3-13(11)14)16-8-10-5-6-17-9-10/h2-3,5-7,9,14H,1,4,8,15H2/t14-/m0/s1. The van der Waals surface area contributed by atoms with Gasteiger partial charge in [-0.05, 0) is 58.5 Å². The van der Waals surface area contributed by atoms with Crippen molar-refractivity contribution in [3.8, 4) is 5.75 Å². The third kappa shape index (κ3) is 2.21. The predicted molar refractivity (Wildman–Crippen MR) is 70.3 cm³/mol. The van der Waals surface area contributed by atoms with Crippen LogP contribution in [-0.4, -0.2) is 0 Å². The summed E-state index contributed by atoms with van der Waals surface area (Å²) in [5.41, 5.74) is 9.87. The van der Waals surface area contributed by atoms with Gasteiger partial charge in [0.25, 0.3) is 0 Å². The zero-order valence-electron chi connectivity index (χ0n) is 9.56. The summed E-state index contributed by atoms with van der Waals surface area (Å²) in [5.74, 6) is 0.948. The highest BCUT2D eigenvalue weighted by atomic mass is 32.1. The molecule has 0 saturated carbocycles. The maximum atomic E-state index is 6.01. The summed E-state index contributed by atoms with van der Waals surface area (Å²) in [6.45, 7) is 0.647. The van der Waals surface area contributed by atoms with Gasteiger partial charge in [-0.1, -0.05) is 6.07 Å². The third-order valence-electron chi connectivity index (χ3n) is 3.22. The quantitative estimate of drug-likeness (QED) is 0.900. The molecule has 0 fully saturated rings. The number of nitrogens with two attached hydrogens (primary N) is 1. The summed E-state index contributed by atoms with van der Waals surface area (Å²) in [5, 5.41) is 4.18. The van der Waals surface area contributed by atoms with E-state index in [9.17, 15) is 0 Å². The molecule has 1 aliphatic carbocycles. The number of hydrogen-bond acceptors (Lipinski definition) is 3. The molecular weight excluding hydrogens is 230 g/mol. The summed E-state index contributed by atoms with van der Waals surface area (Å²) >= 11 is 1.70. The SMILES string of the molecule is N[C@H]1CCc2cc(OCc3ccsc3)ccc21. The maximum absolute atomic E-state index is 6.01. The summed E-state index contributed by atoms with van der Waals surface area (Å²) in [7, 11) is 0. The number of rotatable bonds is 3. The minimum Gasteiger partial charge on any atom is -0.489 e. The summed E-state index contributed by atoms with van der Waals surface area (Å²) < 4.78 is 5.78. The second kappa shape index (κ2) is 4.51. The van der Waals surface area contributed by atoms with Crippen LogP contribution >= 0.6 is 11.3 Å². The zero-order valence-corrected chi connectivity index (χ0v) is 10.4. The normalized spacial score (nSPS) is 18.1. The van der Waals surface area contributed by atoms with Crippen LogP contribution in [0.1, 0.15) is 29.2 Å². The van der Waals surface area contributed by atoms with Crippen LogP contribution in [0.3, 0.4) is 0 Å². The van der Waals surface area contributed by atoms with Crippen LogP contribution in [0.5, 0.6) is 5.75 Å². The molecule has 1 aromatic heterocycles. The van der Waals surface area contributed by atoms with Gasteiger partial charge in [0.15, 0.2) is 0 Å². The molecule has 2 aromatic rings. The van der Waals surface area contributed by atoms with Crippen molar-refractivity contribution in [2.45, 2.75) is 25.5 Å². The van der Waals surface area contributed by atoms with E-state index in [1.54, 1.807) is 11.3 Å². The van der Waals surface area contributed by atoms with Crippen molar-refractivity contribution >= 4 is 11.3 Å². The fraction of sp³-hybridized carbons (Fsp3) is 0.286. The largest absolute Gasteiger partial charge is 0.489 e. The minimum absolute atomic E-state index is 0.218. The molecule has 88 valence electrons. The van der Waals surface area contributed by atoms with E-state index in [1.165, 1.54) is 16.7 Å². The van der Waals surface area contributed by atoms with Crippen molar-refractivity contribution < 1.29 is 4.74 Å². The Hall–Kier alpha value is -1.32. The Labute approximate surface area is 105 Å². The smallest absolute Gasteiger partial charge is 0.120 e. The number of benzene rings is 1. The van der Waals surface area contributed by atoms with E-state index in [0.29, 0.717) is 6.61 Å². The molecule has 2 N–H and O–H groups in total. The molecule has 0 amide bonds. The van der Waals surface area contributed by atoms with Gasteiger partial charge in [0.05, 0.1) is 0 Å². The van der Waals surface area contributed by atoms with Crippen LogP contribution in [0.4, 0.5) is 0 Å². The first-order chi connectivity index (χ1) is 8.33. The lowest BCUT2D eigenvalue weighted by Crippen LogP contribution is -2.04. The molecule has 3 rings (SSSR count). The molecular formula is C14H15NOS. The lowest BCUT2D eigenvalue weighted by atomic mass is 10.1. The topological polar surface area (TPSA) is 35.2 Å². The van der Waals surface area contributed by atoms with Crippen molar-refractivity contribution in [2.24, 2.45) is 5.73 Å². The lowest BCUT2D eigenvalue weighted by molar-refractivity contribution is 0.306. The Morgan fingerprint density at radius 3 is 3.12 bits per heavy atom. The van der Waals surface area contributed by atoms with E-state index in [-0.39, 0.29) is 6.04 Å². The van der Waals surface area contributed by atoms with Crippen LogP contribution in [0, 0.1) is 0 Å². The van der Waals surface area contributed by atoms with E-state index in [4.69, 9.17) is 10.5 Å². The van der Waals surface area contributed by atoms with Crippen molar-refractivity contribution in [3.05, 3.63) is 51.7 Å². The summed E-state index contributed by atoms with van der Waals surface area (Å²) in [4.78, 5) is 0. The molecule has 0 spiro atoms. The summed E-state index contributed by atoms with van der Waals surface area (Å²) in [6.07, 6.45) is 2.13. The molecule has 1 aromatic carbocycles. The van der Waals surface area contributed by atoms with Gasteiger partial charge in [0, 0.05) is 6.04 Å². The number of fused-ring (bicyclic) bond motifs is 1. The first kappa shape index (κ1) is 10.8. The Morgan fingerprint density at radius 2 is 2.29 bits per heavy atom. The highest BCUT2D eigenvalue weighted by Crippen LogP contribution is 2.32. The van der Waals surface area contributed by atoms with Crippen LogP contribution in [-0.2, 0) is 13.0 Å². The van der Waals surface area contributed by atoms with E-state index in [2.05, 4.69) is 29.0 Å². The average molecular weight is 245 g/mol. The van der Waals surface area contributed by atoms with Gasteiger partial charge >= 0.3 is 0 Å². The second-order valence-corrected chi connectivity index (χ2v) is 5.21. The molecule has 3 heteroatoms. The molecule has 0 aliphatic heterocycles. The molecule has 1 heterocycles. The summed E-state index contributed by atoms with van der Waals surface area (Å²) in [6, 6.07) is 8.57. The Kier molecular flexibility index (Phi) is 2.87. The van der Waals surface area contributed by atoms with E-state index in [0.717, 1.165) is 18.6 Å². The molecule has 2 nitrogen and oxygen atoms in total. The Morgan fingerprint density at radius 1 is 1.35 bits per heavy atom. The number of hydrogen-bond donors (Lipinski definition) is 1. The van der Waals surface area contributed by atoms with Gasteiger partial charge in [-0.3, -0.25) is 0 Å². The first-order valence-corrected chi connectivity index (χ1v) is 6.79. The van der Waals surface area contributed by atoms with E-state index >= 15 is 0 Å². The highest BCUT2D eigenvalue weighted by Gasteiger charge is 2.18. The fourth-order valence-corrected chi connectivity index (χ4v) is 2.91. The van der Waals surface area contributed by atoms with Gasteiger partial charge in [0.2, 0.25) is 0 Å². The van der Waals surface area contributed by atoms with Gasteiger partial charge in [0.1, 0.15) is 12.4 Å². The van der Waals surface area contributed by atoms with Crippen LogP contribution < -0.4 is 10.5 Å². The average Bonchev–Trinajstić information content (AvgIpc) is 2.97. The van der Waals surface area contributed by atoms with Gasteiger partial charge in [-0.15, -0.1) is 0 Å². The molecule has 0 saturated heterocycles. The first-order valence-electron chi connectivity index (χ1n) is 5.85. The Bertz CT molecular complexity index is 507. The van der Waals surface area contributed by atoms with E-state index < -0.39 is 0 Å². The molecule has 17 heavy (non-hydrogen) atoms. The monoisotopic (exact) mass is 245 g/mol. The van der Waals surface area contributed by atoms with Gasteiger partial charge in [-0.25, -0.2) is 0 Å². The number of thiophene rings is 1. The molecule has 0 bridgehead atoms. The van der Waals surface area contributed by atoms with E-state index in [1.807, 2.05) is 6.07 Å². The van der Waals surface area contributed by atoms with Crippen LogP contribution in [0.15, 0.2) is 35.0 Å². The maximum Gasteiger partial charge on any atom is 0.120 e. The third-order valence-corrected chi connectivity index (χ3v) is 3.96. The zero-order chi connectivity index (χ0) is 11.7. The predicted octanol–water partition coefficient (Wildman–Crippen LogP) is 3.27. The van der Waals surface area contributed by atoms with Crippen LogP contribution in [0.2, 0.25) is 0 Å². The fourth-order valence-electron chi connectivity index (χ4n) is 2.26. The number of ether oxygens (including phenoxy) is 1. The minimum atomic E-state index is 0.218. The van der Waals surface area contributed by atoms with Crippen molar-refractivity contribution in [2.75, 3.05) is 0 Å². The number of aryl methyl sites for hydroxylation is 1. The van der Waals surface area contributed by atoms with Crippen molar-refractivity contribution in [1.29, 1.82) is 0 Å². The van der Waals surface area contributed by atoms with Crippen LogP contribution in [0.25, 0.3) is 0 Å². The van der Waals surface area contributed by atoms with Gasteiger partial charge in [-0.2, -0.15) is 11.3 Å².